The van der Waals surface area contributed by atoms with E-state index in [4.69, 9.17) is 23.2 Å². The van der Waals surface area contributed by atoms with Crippen molar-refractivity contribution in [2.45, 2.75) is 19.0 Å². The van der Waals surface area contributed by atoms with E-state index in [1.54, 1.807) is 30.6 Å². The number of aromatic nitrogens is 2. The molecule has 1 atom stereocenters. The molecule has 2 aromatic carbocycles. The number of halogens is 3. The molecule has 0 aliphatic heterocycles. The third kappa shape index (κ3) is 4.35. The van der Waals surface area contributed by atoms with Crippen LogP contribution >= 0.6 is 23.2 Å². The van der Waals surface area contributed by atoms with E-state index in [0.717, 1.165) is 17.0 Å². The molecule has 3 nitrogen and oxygen atoms in total. The van der Waals surface area contributed by atoms with Crippen LogP contribution in [0.1, 0.15) is 23.0 Å². The van der Waals surface area contributed by atoms with E-state index in [1.165, 1.54) is 12.1 Å². The summed E-state index contributed by atoms with van der Waals surface area (Å²) in [6.45, 7) is 0.570. The van der Waals surface area contributed by atoms with E-state index in [9.17, 15) is 4.39 Å². The van der Waals surface area contributed by atoms with Gasteiger partial charge in [-0.2, -0.15) is 0 Å². The number of benzene rings is 2. The lowest BCUT2D eigenvalue weighted by molar-refractivity contribution is 0.519. The Morgan fingerprint density at radius 3 is 2.58 bits per heavy atom. The molecule has 2 N–H and O–H groups in total. The summed E-state index contributed by atoms with van der Waals surface area (Å²) in [6.07, 6.45) is 4.14. The third-order valence-corrected chi connectivity index (χ3v) is 4.37. The summed E-state index contributed by atoms with van der Waals surface area (Å²) in [5, 5.41) is 4.66. The topological polar surface area (TPSA) is 40.7 Å². The highest BCUT2D eigenvalue weighted by atomic mass is 35.5. The monoisotopic (exact) mass is 363 g/mol. The first-order chi connectivity index (χ1) is 11.6. The van der Waals surface area contributed by atoms with Crippen LogP contribution in [0.3, 0.4) is 0 Å². The smallest absolute Gasteiger partial charge is 0.123 e. The molecule has 0 amide bonds. The molecule has 0 bridgehead atoms. The van der Waals surface area contributed by atoms with Crippen LogP contribution in [0.25, 0.3) is 0 Å². The lowest BCUT2D eigenvalue weighted by Crippen LogP contribution is -2.23. The van der Waals surface area contributed by atoms with E-state index in [0.29, 0.717) is 23.0 Å². The maximum absolute atomic E-state index is 13.2. The van der Waals surface area contributed by atoms with Crippen molar-refractivity contribution < 1.29 is 4.39 Å². The third-order valence-electron chi connectivity index (χ3n) is 3.78. The van der Waals surface area contributed by atoms with Crippen molar-refractivity contribution in [2.24, 2.45) is 0 Å². The number of H-pyrrole nitrogens is 1. The first-order valence-corrected chi connectivity index (χ1v) is 8.28. The fourth-order valence-electron chi connectivity index (χ4n) is 2.52. The molecular weight excluding hydrogens is 348 g/mol. The summed E-state index contributed by atoms with van der Waals surface area (Å²) in [5.74, 6) is 0.581. The fourth-order valence-corrected chi connectivity index (χ4v) is 3.01. The molecule has 0 aliphatic carbocycles. The second-order valence-corrected chi connectivity index (χ2v) is 6.30. The first kappa shape index (κ1) is 17.0. The summed E-state index contributed by atoms with van der Waals surface area (Å²) >= 11 is 12.3. The summed E-state index contributed by atoms with van der Waals surface area (Å²) < 4.78 is 13.2. The minimum Gasteiger partial charge on any atom is -0.348 e. The zero-order chi connectivity index (χ0) is 16.9. The van der Waals surface area contributed by atoms with Crippen LogP contribution in [0.15, 0.2) is 54.9 Å². The van der Waals surface area contributed by atoms with Gasteiger partial charge in [-0.3, -0.25) is 0 Å². The van der Waals surface area contributed by atoms with Gasteiger partial charge in [-0.1, -0.05) is 41.4 Å². The standard InChI is InChI=1S/C18H16Cl2FN3/c19-14-4-1-13(16(20)10-14)9-17(12-2-5-15(21)6-3-12)24-11-18-22-7-8-23-18/h1-8,10,17,24H,9,11H2,(H,22,23)/t17-/m1/s1. The van der Waals surface area contributed by atoms with E-state index in [2.05, 4.69) is 15.3 Å². The van der Waals surface area contributed by atoms with Gasteiger partial charge in [-0.15, -0.1) is 0 Å². The Morgan fingerprint density at radius 2 is 1.92 bits per heavy atom. The summed E-state index contributed by atoms with van der Waals surface area (Å²) in [5.41, 5.74) is 1.95. The van der Waals surface area contributed by atoms with Gasteiger partial charge in [0, 0.05) is 28.5 Å². The minimum absolute atomic E-state index is 0.0330. The van der Waals surface area contributed by atoms with Gasteiger partial charge >= 0.3 is 0 Å². The molecule has 1 aromatic heterocycles. The van der Waals surface area contributed by atoms with Gasteiger partial charge in [0.05, 0.1) is 6.54 Å². The zero-order valence-electron chi connectivity index (χ0n) is 12.8. The van der Waals surface area contributed by atoms with Crippen LogP contribution in [0.2, 0.25) is 10.0 Å². The van der Waals surface area contributed by atoms with Crippen LogP contribution in [0.4, 0.5) is 4.39 Å². The minimum atomic E-state index is -0.256. The molecule has 0 radical (unpaired) electrons. The molecular formula is C18H16Cl2FN3. The average Bonchev–Trinajstić information content (AvgIpc) is 3.08. The molecule has 1 heterocycles. The van der Waals surface area contributed by atoms with Crippen molar-refractivity contribution in [3.8, 4) is 0 Å². The largest absolute Gasteiger partial charge is 0.348 e. The Bertz CT molecular complexity index is 789. The molecule has 0 unspecified atom stereocenters. The second kappa shape index (κ2) is 7.79. The maximum atomic E-state index is 13.2. The van der Waals surface area contributed by atoms with Gasteiger partial charge < -0.3 is 10.3 Å². The molecule has 3 rings (SSSR count). The highest BCUT2D eigenvalue weighted by molar-refractivity contribution is 6.35. The quantitative estimate of drug-likeness (QED) is 0.651. The van der Waals surface area contributed by atoms with Crippen LogP contribution in [0.5, 0.6) is 0 Å². The van der Waals surface area contributed by atoms with Crippen molar-refractivity contribution in [1.29, 1.82) is 0 Å². The number of nitrogens with zero attached hydrogens (tertiary/aromatic N) is 1. The van der Waals surface area contributed by atoms with Gasteiger partial charge in [-0.05, 0) is 41.8 Å². The highest BCUT2D eigenvalue weighted by Crippen LogP contribution is 2.26. The van der Waals surface area contributed by atoms with Crippen molar-refractivity contribution in [1.82, 2.24) is 15.3 Å². The summed E-state index contributed by atoms with van der Waals surface area (Å²) in [4.78, 5) is 7.27. The molecule has 0 spiro atoms. The average molecular weight is 364 g/mol. The van der Waals surface area contributed by atoms with Gasteiger partial charge in [0.1, 0.15) is 11.6 Å². The molecule has 6 heteroatoms. The van der Waals surface area contributed by atoms with Crippen LogP contribution in [-0.4, -0.2) is 9.97 Å². The molecule has 124 valence electrons. The number of imidazole rings is 1. The van der Waals surface area contributed by atoms with Crippen molar-refractivity contribution in [3.63, 3.8) is 0 Å². The molecule has 0 fully saturated rings. The number of rotatable bonds is 6. The predicted molar refractivity (Wildman–Crippen MR) is 94.7 cm³/mol. The Balaban J connectivity index is 1.81. The Hall–Kier alpha value is -1.88. The molecule has 24 heavy (non-hydrogen) atoms. The van der Waals surface area contributed by atoms with Gasteiger partial charge in [-0.25, -0.2) is 9.37 Å². The van der Waals surface area contributed by atoms with E-state index >= 15 is 0 Å². The lowest BCUT2D eigenvalue weighted by atomic mass is 9.98. The zero-order valence-corrected chi connectivity index (χ0v) is 14.3. The molecule has 0 aliphatic rings. The van der Waals surface area contributed by atoms with Crippen molar-refractivity contribution in [2.75, 3.05) is 0 Å². The molecule has 0 saturated carbocycles. The molecule has 3 aromatic rings. The SMILES string of the molecule is Fc1ccc([C@@H](Cc2ccc(Cl)cc2Cl)NCc2ncc[nH]2)cc1. The Morgan fingerprint density at radius 1 is 1.12 bits per heavy atom. The summed E-state index contributed by atoms with van der Waals surface area (Å²) in [6, 6.07) is 11.9. The lowest BCUT2D eigenvalue weighted by Gasteiger charge is -2.20. The van der Waals surface area contributed by atoms with E-state index in [1.807, 2.05) is 12.1 Å². The Kier molecular flexibility index (Phi) is 5.51. The predicted octanol–water partition coefficient (Wildman–Crippen LogP) is 4.93. The van der Waals surface area contributed by atoms with Gasteiger partial charge in [0.25, 0.3) is 0 Å². The van der Waals surface area contributed by atoms with Crippen molar-refractivity contribution in [3.05, 3.63) is 87.7 Å². The fraction of sp³-hybridized carbons (Fsp3) is 0.167. The first-order valence-electron chi connectivity index (χ1n) is 7.53. The molecule has 0 saturated heterocycles. The number of hydrogen-bond donors (Lipinski definition) is 2. The normalized spacial score (nSPS) is 12.3. The number of aromatic amines is 1. The van der Waals surface area contributed by atoms with Crippen LogP contribution in [-0.2, 0) is 13.0 Å². The summed E-state index contributed by atoms with van der Waals surface area (Å²) in [7, 11) is 0. The highest BCUT2D eigenvalue weighted by Gasteiger charge is 2.15. The van der Waals surface area contributed by atoms with Crippen LogP contribution in [0, 0.1) is 5.82 Å². The van der Waals surface area contributed by atoms with Crippen LogP contribution < -0.4 is 5.32 Å². The maximum Gasteiger partial charge on any atom is 0.123 e. The van der Waals surface area contributed by atoms with Gasteiger partial charge in [0.2, 0.25) is 0 Å². The number of nitrogens with one attached hydrogen (secondary N) is 2. The number of hydrogen-bond acceptors (Lipinski definition) is 2. The van der Waals surface area contributed by atoms with E-state index in [-0.39, 0.29) is 11.9 Å². The Labute approximate surface area is 149 Å². The van der Waals surface area contributed by atoms with E-state index < -0.39 is 0 Å². The second-order valence-electron chi connectivity index (χ2n) is 5.46. The van der Waals surface area contributed by atoms with Gasteiger partial charge in [0.15, 0.2) is 0 Å². The van der Waals surface area contributed by atoms with Crippen molar-refractivity contribution >= 4 is 23.2 Å².